The van der Waals surface area contributed by atoms with E-state index in [9.17, 15) is 5.11 Å². The second kappa shape index (κ2) is 11.4. The van der Waals surface area contributed by atoms with Gasteiger partial charge in [0.1, 0.15) is 11.6 Å². The maximum atomic E-state index is 9.80. The highest BCUT2D eigenvalue weighted by molar-refractivity contribution is 6.53. The van der Waals surface area contributed by atoms with Crippen molar-refractivity contribution < 1.29 is 10.2 Å². The fourth-order valence-electron chi connectivity index (χ4n) is 2.94. The quantitative estimate of drug-likeness (QED) is 0.240. The molecule has 0 aliphatic rings. The number of nitrogens with one attached hydrogen (secondary N) is 4. The average Bonchev–Trinajstić information content (AvgIpc) is 2.81. The van der Waals surface area contributed by atoms with Crippen LogP contribution in [0.3, 0.4) is 0 Å². The number of nitrogens with zero attached hydrogens (tertiary/aromatic N) is 4. The van der Waals surface area contributed by atoms with Gasteiger partial charge < -0.3 is 31.5 Å². The molecule has 6 N–H and O–H groups in total. The number of anilines is 6. The molecule has 174 valence electrons. The number of aliphatic hydroxyl groups excluding tert-OH is 2. The molecule has 0 amide bonds. The molecule has 0 unspecified atom stereocenters. The third-order valence-electron chi connectivity index (χ3n) is 5.11. The van der Waals surface area contributed by atoms with Crippen LogP contribution in [0.4, 0.5) is 34.9 Å². The molecule has 33 heavy (non-hydrogen) atoms. The fraction of sp³-hybridized carbons (Fsp3) is 0.364. The molecule has 0 saturated heterocycles. The summed E-state index contributed by atoms with van der Waals surface area (Å²) in [6, 6.07) is 7.49. The van der Waals surface area contributed by atoms with Crippen LogP contribution in [0, 0.1) is 6.92 Å². The Balaban J connectivity index is 1.68. The van der Waals surface area contributed by atoms with Crippen molar-refractivity contribution in [2.45, 2.75) is 39.7 Å². The van der Waals surface area contributed by atoms with Crippen LogP contribution in [0.1, 0.15) is 19.4 Å². The molecule has 10 nitrogen and oxygen atoms in total. The Morgan fingerprint density at radius 2 is 1.52 bits per heavy atom. The smallest absolute Gasteiger partial charge is 0.229 e. The van der Waals surface area contributed by atoms with Crippen LogP contribution in [0.15, 0.2) is 36.7 Å². The van der Waals surface area contributed by atoms with Gasteiger partial charge in [-0.3, -0.25) is 0 Å². The molecule has 2 heterocycles. The zero-order chi connectivity index (χ0) is 23.8. The molecule has 0 spiro atoms. The van der Waals surface area contributed by atoms with Crippen molar-refractivity contribution in [3.63, 3.8) is 0 Å². The van der Waals surface area contributed by atoms with E-state index in [2.05, 4.69) is 41.2 Å². The predicted octanol–water partition coefficient (Wildman–Crippen LogP) is 1.76. The maximum absolute atomic E-state index is 9.80. The number of hydrogen-bond acceptors (Lipinski definition) is 10. The van der Waals surface area contributed by atoms with Crippen LogP contribution in [0.5, 0.6) is 0 Å². The first-order valence-corrected chi connectivity index (χ1v) is 11.0. The molecule has 0 saturated carbocycles. The van der Waals surface area contributed by atoms with E-state index < -0.39 is 6.10 Å². The SMILES string of the molecule is CBc1cnc(Nc2ccc(Nc3ncc(C)c(NCCO)n3)cc2)nc1N[C@H](C)[C@@H](C)O. The molecule has 11 heteroatoms. The Morgan fingerprint density at radius 1 is 0.939 bits per heavy atom. The van der Waals surface area contributed by atoms with E-state index in [1.54, 1.807) is 19.3 Å². The second-order valence-electron chi connectivity index (χ2n) is 7.80. The molecule has 0 bridgehead atoms. The summed E-state index contributed by atoms with van der Waals surface area (Å²) in [5, 5.41) is 31.5. The Labute approximate surface area is 194 Å². The summed E-state index contributed by atoms with van der Waals surface area (Å²) in [7, 11) is 0.786. The van der Waals surface area contributed by atoms with Gasteiger partial charge in [-0.25, -0.2) is 9.97 Å². The molecular weight excluding hydrogens is 419 g/mol. The highest BCUT2D eigenvalue weighted by Crippen LogP contribution is 2.20. The van der Waals surface area contributed by atoms with Gasteiger partial charge in [-0.1, -0.05) is 6.82 Å². The van der Waals surface area contributed by atoms with E-state index in [0.29, 0.717) is 30.1 Å². The first-order valence-electron chi connectivity index (χ1n) is 11.0. The Kier molecular flexibility index (Phi) is 8.39. The zero-order valence-corrected chi connectivity index (χ0v) is 19.4. The van der Waals surface area contributed by atoms with Crippen molar-refractivity contribution in [2.24, 2.45) is 0 Å². The first kappa shape index (κ1) is 24.2. The van der Waals surface area contributed by atoms with Gasteiger partial charge in [0, 0.05) is 35.9 Å². The lowest BCUT2D eigenvalue weighted by atomic mass is 9.74. The summed E-state index contributed by atoms with van der Waals surface area (Å²) in [6.07, 6.45) is 3.02. The zero-order valence-electron chi connectivity index (χ0n) is 19.4. The van der Waals surface area contributed by atoms with Crippen molar-refractivity contribution >= 4 is 47.6 Å². The third-order valence-corrected chi connectivity index (χ3v) is 5.11. The van der Waals surface area contributed by atoms with Gasteiger partial charge in [-0.2, -0.15) is 9.97 Å². The largest absolute Gasteiger partial charge is 0.395 e. The van der Waals surface area contributed by atoms with Crippen molar-refractivity contribution in [3.05, 3.63) is 42.2 Å². The van der Waals surface area contributed by atoms with Crippen molar-refractivity contribution in [2.75, 3.05) is 34.4 Å². The summed E-state index contributed by atoms with van der Waals surface area (Å²) >= 11 is 0. The number of rotatable bonds is 11. The molecular formula is C22H31BN8O2. The maximum Gasteiger partial charge on any atom is 0.229 e. The van der Waals surface area contributed by atoms with Crippen molar-refractivity contribution in [1.29, 1.82) is 0 Å². The van der Waals surface area contributed by atoms with Gasteiger partial charge in [-0.05, 0) is 50.5 Å². The molecule has 3 rings (SSSR count). The minimum atomic E-state index is -0.500. The molecule has 2 atom stereocenters. The molecule has 0 aliphatic heterocycles. The number of hydrogen-bond donors (Lipinski definition) is 6. The molecule has 2 aromatic heterocycles. The number of aromatic nitrogens is 4. The number of benzene rings is 1. The van der Waals surface area contributed by atoms with Gasteiger partial charge in [0.25, 0.3) is 0 Å². The Morgan fingerprint density at radius 3 is 2.06 bits per heavy atom. The summed E-state index contributed by atoms with van der Waals surface area (Å²) in [6.45, 7) is 8.06. The molecule has 0 radical (unpaired) electrons. The van der Waals surface area contributed by atoms with E-state index in [0.717, 1.165) is 29.7 Å². The highest BCUT2D eigenvalue weighted by Gasteiger charge is 2.13. The average molecular weight is 450 g/mol. The van der Waals surface area contributed by atoms with Crippen LogP contribution in [-0.4, -0.2) is 62.7 Å². The van der Waals surface area contributed by atoms with Crippen molar-refractivity contribution in [1.82, 2.24) is 19.9 Å². The standard InChI is InChI=1S/C22H31BN8O2/c1-13-11-25-21(30-19(13)24-9-10-32)28-16-5-7-17(8-6-16)29-22-26-12-18(23-4)20(31-22)27-14(2)15(3)33/h5-8,11-12,14-15,23,32-33H,9-10H2,1-4H3,(H2,24,25,28,30)(H2,26,27,29,31)/t14-,15-/m1/s1. The lowest BCUT2D eigenvalue weighted by molar-refractivity contribution is 0.178. The topological polar surface area (TPSA) is 140 Å². The Hall–Kier alpha value is -3.44. The van der Waals surface area contributed by atoms with Crippen LogP contribution in [0.2, 0.25) is 6.82 Å². The lowest BCUT2D eigenvalue weighted by Crippen LogP contribution is -2.32. The minimum absolute atomic E-state index is 0.0304. The van der Waals surface area contributed by atoms with Crippen LogP contribution < -0.4 is 26.7 Å². The van der Waals surface area contributed by atoms with Gasteiger partial charge >= 0.3 is 0 Å². The summed E-state index contributed by atoms with van der Waals surface area (Å²) in [4.78, 5) is 17.8. The minimum Gasteiger partial charge on any atom is -0.395 e. The lowest BCUT2D eigenvalue weighted by Gasteiger charge is -2.19. The van der Waals surface area contributed by atoms with Crippen LogP contribution >= 0.6 is 0 Å². The summed E-state index contributed by atoms with van der Waals surface area (Å²) < 4.78 is 0. The van der Waals surface area contributed by atoms with Crippen LogP contribution in [-0.2, 0) is 0 Å². The van der Waals surface area contributed by atoms with Crippen LogP contribution in [0.25, 0.3) is 0 Å². The van der Waals surface area contributed by atoms with Gasteiger partial charge in [-0.15, -0.1) is 0 Å². The van der Waals surface area contributed by atoms with E-state index in [1.807, 2.05) is 44.9 Å². The van der Waals surface area contributed by atoms with Gasteiger partial charge in [0.15, 0.2) is 7.28 Å². The molecule has 1 aromatic carbocycles. The van der Waals surface area contributed by atoms with E-state index in [-0.39, 0.29) is 12.6 Å². The number of aryl methyl sites for hydroxylation is 1. The van der Waals surface area contributed by atoms with E-state index in [1.165, 1.54) is 0 Å². The van der Waals surface area contributed by atoms with Gasteiger partial charge in [0.05, 0.1) is 18.8 Å². The third kappa shape index (κ3) is 6.77. The summed E-state index contributed by atoms with van der Waals surface area (Å²) in [5.74, 6) is 2.32. The molecule has 0 fully saturated rings. The fourth-order valence-corrected chi connectivity index (χ4v) is 2.94. The highest BCUT2D eigenvalue weighted by atomic mass is 16.3. The molecule has 0 aliphatic carbocycles. The summed E-state index contributed by atoms with van der Waals surface area (Å²) in [5.41, 5.74) is 3.54. The predicted molar refractivity (Wildman–Crippen MR) is 135 cm³/mol. The molecule has 3 aromatic rings. The normalized spacial score (nSPS) is 12.5. The first-order chi connectivity index (χ1) is 15.9. The van der Waals surface area contributed by atoms with Crippen molar-refractivity contribution in [3.8, 4) is 0 Å². The number of aliphatic hydroxyl groups is 2. The van der Waals surface area contributed by atoms with E-state index in [4.69, 9.17) is 5.11 Å². The van der Waals surface area contributed by atoms with Gasteiger partial charge in [0.2, 0.25) is 11.9 Å². The second-order valence-corrected chi connectivity index (χ2v) is 7.80. The monoisotopic (exact) mass is 450 g/mol. The van der Waals surface area contributed by atoms with E-state index >= 15 is 0 Å². The Bertz CT molecular complexity index is 1050.